The number of carbonyl (C=O) groups is 3. The molecule has 5 N–H and O–H groups in total. The van der Waals surface area contributed by atoms with Gasteiger partial charge in [-0.1, -0.05) is 44.4 Å². The number of aliphatic hydroxyl groups is 1. The normalized spacial score (nSPS) is 18.9. The molecule has 50 heavy (non-hydrogen) atoms. The van der Waals surface area contributed by atoms with E-state index >= 15 is 0 Å². The quantitative estimate of drug-likeness (QED) is 0.0315. The van der Waals surface area contributed by atoms with Gasteiger partial charge in [0.05, 0.1) is 64.9 Å². The second-order valence-electron chi connectivity index (χ2n) is 12.3. The second-order valence-corrected chi connectivity index (χ2v) is 14.6. The van der Waals surface area contributed by atoms with Crippen LogP contribution in [0.15, 0.2) is 0 Å². The third kappa shape index (κ3) is 23.7. The topological polar surface area (TPSA) is 156 Å². The molecular weight excluding hydrogens is 742 g/mol. The van der Waals surface area contributed by atoms with Crippen molar-refractivity contribution < 1.29 is 47.2 Å². The van der Waals surface area contributed by atoms with Crippen LogP contribution in [0, 0.1) is 11.8 Å². The smallest absolute Gasteiger partial charge is 0.363 e. The molecule has 2 aliphatic rings. The van der Waals surface area contributed by atoms with Crippen molar-refractivity contribution in [2.75, 3.05) is 71.7 Å². The maximum Gasteiger partial charge on any atom is 0.363 e. The summed E-state index contributed by atoms with van der Waals surface area (Å²) >= 11 is 4.02. The summed E-state index contributed by atoms with van der Waals surface area (Å²) in [6.45, 7) is 4.44. The minimum Gasteiger partial charge on any atom is -0.380 e. The Morgan fingerprint density at radius 2 is 1.40 bits per heavy atom. The summed E-state index contributed by atoms with van der Waals surface area (Å²) < 4.78 is 47.0. The average molecular weight is 800 g/mol. The highest BCUT2D eigenvalue weighted by Crippen LogP contribution is 2.33. The fourth-order valence-corrected chi connectivity index (χ4v) is 7.11. The molecule has 0 aromatic carbocycles. The molecule has 0 aliphatic carbocycles. The van der Waals surface area contributed by atoms with E-state index in [-0.39, 0.29) is 29.9 Å². The number of ether oxygens (including phenoxy) is 4. The van der Waals surface area contributed by atoms with Gasteiger partial charge in [0.15, 0.2) is 0 Å². The molecule has 0 bridgehead atoms. The van der Waals surface area contributed by atoms with Crippen molar-refractivity contribution in [3.63, 3.8) is 0 Å². The van der Waals surface area contributed by atoms with E-state index in [2.05, 4.69) is 43.1 Å². The van der Waals surface area contributed by atoms with Crippen molar-refractivity contribution in [3.05, 3.63) is 0 Å². The lowest BCUT2D eigenvalue weighted by Crippen LogP contribution is -2.36. The molecule has 2 fully saturated rings. The van der Waals surface area contributed by atoms with Crippen LogP contribution in [-0.4, -0.2) is 123 Å². The van der Waals surface area contributed by atoms with Crippen LogP contribution < -0.4 is 21.3 Å². The number of alkyl halides is 3. The number of rotatable bonds is 30. The standard InChI is InChI=1S/C34H57BrF2N4O8S/c35-34(36,37)15-13-27(42)10-6-4-2-1-3-5-9-16-38-31(44)14-18-46-20-22-48-24-25-49-23-21-47-19-17-39-30(43)12-8-7-11-29-32-28(26-50-29)40-33(45)41-32/h27-29,32,42H,1-12,14,16-26H2,(H,38,44)(H,39,43)(H2,40,41,45). The van der Waals surface area contributed by atoms with Gasteiger partial charge in [-0.05, 0) is 38.0 Å². The van der Waals surface area contributed by atoms with Crippen LogP contribution in [0.5, 0.6) is 0 Å². The highest BCUT2D eigenvalue weighted by atomic mass is 79.9. The van der Waals surface area contributed by atoms with Crippen LogP contribution in [0.3, 0.4) is 0 Å². The van der Waals surface area contributed by atoms with Gasteiger partial charge in [-0.15, -0.1) is 0 Å². The Morgan fingerprint density at radius 3 is 2.08 bits per heavy atom. The SMILES string of the molecule is O=C(CCCCC1SCC2NC(=O)NC21)NCCOCCOCCOCCOCCC(=O)NCCCCCCCCCC(O)C#CC(F)(F)Br. The number of hydrogen-bond acceptors (Lipinski definition) is 9. The van der Waals surface area contributed by atoms with Gasteiger partial charge in [0.2, 0.25) is 11.8 Å². The highest BCUT2D eigenvalue weighted by Gasteiger charge is 2.42. The van der Waals surface area contributed by atoms with Crippen molar-refractivity contribution in [3.8, 4) is 11.8 Å². The second kappa shape index (κ2) is 27.9. The van der Waals surface area contributed by atoms with E-state index in [1.807, 2.05) is 11.8 Å². The van der Waals surface area contributed by atoms with Crippen LogP contribution in [0.2, 0.25) is 0 Å². The number of halogens is 3. The van der Waals surface area contributed by atoms with E-state index in [0.717, 1.165) is 70.0 Å². The molecule has 16 heteroatoms. The number of unbranched alkanes of at least 4 members (excludes halogenated alkanes) is 7. The van der Waals surface area contributed by atoms with E-state index in [4.69, 9.17) is 18.9 Å². The third-order valence-corrected chi connectivity index (χ3v) is 9.80. The molecule has 0 spiro atoms. The zero-order valence-electron chi connectivity index (χ0n) is 29.1. The molecule has 0 aromatic heterocycles. The van der Waals surface area contributed by atoms with Crippen molar-refractivity contribution in [2.24, 2.45) is 0 Å². The summed E-state index contributed by atoms with van der Waals surface area (Å²) in [6, 6.07) is 0.380. The Morgan fingerprint density at radius 1 is 0.820 bits per heavy atom. The minimum atomic E-state index is -3.25. The predicted molar refractivity (Wildman–Crippen MR) is 192 cm³/mol. The number of urea groups is 1. The lowest BCUT2D eigenvalue weighted by Gasteiger charge is -2.16. The number of aliphatic hydroxyl groups excluding tert-OH is 1. The number of fused-ring (bicyclic) bond motifs is 1. The third-order valence-electron chi connectivity index (χ3n) is 8.10. The maximum absolute atomic E-state index is 12.6. The lowest BCUT2D eigenvalue weighted by molar-refractivity contribution is -0.122. The number of amides is 4. The van der Waals surface area contributed by atoms with Gasteiger partial charge in [-0.25, -0.2) is 4.79 Å². The first-order valence-electron chi connectivity index (χ1n) is 17.9. The molecule has 0 saturated carbocycles. The molecule has 4 amide bonds. The summed E-state index contributed by atoms with van der Waals surface area (Å²) in [7, 11) is 0. The first-order valence-corrected chi connectivity index (χ1v) is 19.8. The van der Waals surface area contributed by atoms with E-state index in [1.165, 1.54) is 0 Å². The molecule has 0 aromatic rings. The molecule has 4 unspecified atom stereocenters. The van der Waals surface area contributed by atoms with Gasteiger partial charge in [0.25, 0.3) is 0 Å². The summed E-state index contributed by atoms with van der Waals surface area (Å²) in [5.41, 5.74) is 0. The molecule has 0 radical (unpaired) electrons. The molecular formula is C34H57BrF2N4O8S. The molecule has 4 atom stereocenters. The molecule has 2 heterocycles. The Labute approximate surface area is 308 Å². The first kappa shape index (κ1) is 44.4. The van der Waals surface area contributed by atoms with Gasteiger partial charge in [-0.2, -0.15) is 20.5 Å². The van der Waals surface area contributed by atoms with E-state index in [9.17, 15) is 28.3 Å². The predicted octanol–water partition coefficient (Wildman–Crippen LogP) is 3.87. The fourth-order valence-electron chi connectivity index (χ4n) is 5.45. The fraction of sp³-hybridized carbons (Fsp3) is 0.853. The van der Waals surface area contributed by atoms with Gasteiger partial charge in [0, 0.05) is 52.9 Å². The van der Waals surface area contributed by atoms with Gasteiger partial charge >= 0.3 is 10.9 Å². The molecule has 288 valence electrons. The zero-order valence-corrected chi connectivity index (χ0v) is 31.5. The number of carbonyl (C=O) groups excluding carboxylic acids is 3. The van der Waals surface area contributed by atoms with Crippen LogP contribution in [0.4, 0.5) is 13.6 Å². The Balaban J connectivity index is 1.22. The maximum atomic E-state index is 12.6. The van der Waals surface area contributed by atoms with E-state index in [0.29, 0.717) is 90.5 Å². The zero-order chi connectivity index (χ0) is 36.3. The van der Waals surface area contributed by atoms with Crippen molar-refractivity contribution in [1.82, 2.24) is 21.3 Å². The average Bonchev–Trinajstić information content (AvgIpc) is 3.63. The number of thioether (sulfide) groups is 1. The summed E-state index contributed by atoms with van der Waals surface area (Å²) in [5.74, 6) is 4.77. The van der Waals surface area contributed by atoms with Crippen molar-refractivity contribution >= 4 is 45.5 Å². The van der Waals surface area contributed by atoms with Crippen molar-refractivity contribution in [1.29, 1.82) is 0 Å². The highest BCUT2D eigenvalue weighted by molar-refractivity contribution is 9.10. The summed E-state index contributed by atoms with van der Waals surface area (Å²) in [6.07, 6.45) is 9.68. The molecule has 2 saturated heterocycles. The Kier molecular flexibility index (Phi) is 24.7. The van der Waals surface area contributed by atoms with Crippen LogP contribution in [0.1, 0.15) is 83.5 Å². The number of hydrogen-bond donors (Lipinski definition) is 5. The Hall–Kier alpha value is -1.74. The first-order chi connectivity index (χ1) is 24.1. The van der Waals surface area contributed by atoms with Crippen LogP contribution >= 0.6 is 27.7 Å². The van der Waals surface area contributed by atoms with E-state index < -0.39 is 10.9 Å². The molecule has 2 aliphatic heterocycles. The van der Waals surface area contributed by atoms with E-state index in [1.54, 1.807) is 5.92 Å². The Bertz CT molecular complexity index is 1020. The minimum absolute atomic E-state index is 0.0281. The monoisotopic (exact) mass is 798 g/mol. The van der Waals surface area contributed by atoms with Crippen LogP contribution in [-0.2, 0) is 28.5 Å². The van der Waals surface area contributed by atoms with Crippen molar-refractivity contribution in [2.45, 2.75) is 112 Å². The molecule has 12 nitrogen and oxygen atoms in total. The summed E-state index contributed by atoms with van der Waals surface area (Å²) in [5, 5.41) is 21.7. The van der Waals surface area contributed by atoms with Crippen LogP contribution in [0.25, 0.3) is 0 Å². The molecule has 2 rings (SSSR count). The number of nitrogens with one attached hydrogen (secondary N) is 4. The van der Waals surface area contributed by atoms with Gasteiger partial charge in [-0.3, -0.25) is 9.59 Å². The lowest BCUT2D eigenvalue weighted by atomic mass is 10.0. The largest absolute Gasteiger partial charge is 0.380 e. The van der Waals surface area contributed by atoms with Gasteiger partial charge < -0.3 is 45.3 Å². The van der Waals surface area contributed by atoms with Gasteiger partial charge in [0.1, 0.15) is 6.10 Å². The summed E-state index contributed by atoms with van der Waals surface area (Å²) in [4.78, 5) is 32.1.